The van der Waals surface area contributed by atoms with E-state index in [2.05, 4.69) is 103 Å². The predicted octanol–water partition coefficient (Wildman–Crippen LogP) is 10.3. The van der Waals surface area contributed by atoms with Crippen LogP contribution in [0.5, 0.6) is 0 Å². The fourth-order valence-electron chi connectivity index (χ4n) is 8.18. The second-order valence-corrected chi connectivity index (χ2v) is 17.0. The van der Waals surface area contributed by atoms with Crippen molar-refractivity contribution in [1.82, 2.24) is 14.4 Å². The molecule has 0 unspecified atom stereocenters. The average molecular weight is 688 g/mol. The first-order valence-corrected chi connectivity index (χ1v) is 19.4. The first kappa shape index (κ1) is 30.7. The highest BCUT2D eigenvalue weighted by Crippen LogP contribution is 2.51. The van der Waals surface area contributed by atoms with E-state index < -0.39 is 7.14 Å². The highest BCUT2D eigenvalue weighted by atomic mass is 31.2. The van der Waals surface area contributed by atoms with Gasteiger partial charge in [-0.1, -0.05) is 147 Å². The first-order chi connectivity index (χ1) is 25.4. The van der Waals surface area contributed by atoms with E-state index >= 15 is 0 Å². The molecule has 7 aromatic carbocycles. The molecule has 0 bridgehead atoms. The zero-order valence-electron chi connectivity index (χ0n) is 28.9. The molecule has 4 nitrogen and oxygen atoms in total. The summed E-state index contributed by atoms with van der Waals surface area (Å²) in [5, 5.41) is 3.55. The minimum Gasteiger partial charge on any atom is -0.309 e. The van der Waals surface area contributed by atoms with Crippen LogP contribution in [0.1, 0.15) is 25.0 Å². The van der Waals surface area contributed by atoms with E-state index in [9.17, 15) is 4.57 Å². The van der Waals surface area contributed by atoms with Crippen molar-refractivity contribution in [3.8, 4) is 33.6 Å². The Bertz CT molecular complexity index is 2850. The Hall–Kier alpha value is -6.09. The molecule has 0 amide bonds. The molecule has 2 aromatic heterocycles. The number of nitrogens with zero attached hydrogens (tertiary/aromatic N) is 3. The molecule has 0 saturated carbocycles. The smallest absolute Gasteiger partial charge is 0.171 e. The SMILES string of the molecule is CC1(C)c2cc(-c3ccc(P(=O)(c4ccccc4)c4ccccc4)cc3)ccc2-c2ccc(-c3nc4ccccc4c4nc5ccccc5n34)cc21. The van der Waals surface area contributed by atoms with E-state index in [0.29, 0.717) is 0 Å². The monoisotopic (exact) mass is 687 g/mol. The summed E-state index contributed by atoms with van der Waals surface area (Å²) >= 11 is 0. The van der Waals surface area contributed by atoms with Crippen molar-refractivity contribution in [3.05, 3.63) is 181 Å². The molecule has 0 N–H and O–H groups in total. The molecule has 0 fully saturated rings. The van der Waals surface area contributed by atoms with Crippen molar-refractivity contribution < 1.29 is 4.57 Å². The molecule has 1 aliphatic rings. The number of aromatic nitrogens is 3. The Labute approximate surface area is 302 Å². The summed E-state index contributed by atoms with van der Waals surface area (Å²) in [5.41, 5.74) is 12.0. The standard InChI is InChI=1S/C47H34N3OP/c1-47(2)40-29-32(31-21-25-36(26-22-31)52(51,34-13-5-3-6-14-34)35-15-7-4-8-16-35)23-27-37(40)38-28-24-33(30-41(38)47)45-48-42-18-10-9-17-39(42)46-49-43-19-11-12-20-44(43)50(45)46/h3-30H,1-2H3. The van der Waals surface area contributed by atoms with E-state index in [1.807, 2.05) is 84.9 Å². The van der Waals surface area contributed by atoms with Crippen molar-refractivity contribution in [2.45, 2.75) is 19.3 Å². The zero-order valence-corrected chi connectivity index (χ0v) is 29.8. The largest absolute Gasteiger partial charge is 0.309 e. The van der Waals surface area contributed by atoms with Crippen molar-refractivity contribution in [2.24, 2.45) is 0 Å². The molecule has 52 heavy (non-hydrogen) atoms. The lowest BCUT2D eigenvalue weighted by Crippen LogP contribution is -2.24. The molecule has 248 valence electrons. The van der Waals surface area contributed by atoms with Gasteiger partial charge in [0, 0.05) is 32.3 Å². The van der Waals surface area contributed by atoms with E-state index in [1.165, 1.54) is 22.3 Å². The third-order valence-corrected chi connectivity index (χ3v) is 14.0. The summed E-state index contributed by atoms with van der Waals surface area (Å²) in [4.78, 5) is 10.3. The van der Waals surface area contributed by atoms with Crippen LogP contribution < -0.4 is 15.9 Å². The Kier molecular flexibility index (Phi) is 6.77. The van der Waals surface area contributed by atoms with Crippen LogP contribution in [0.25, 0.3) is 61.2 Å². The van der Waals surface area contributed by atoms with Gasteiger partial charge in [-0.05, 0) is 69.8 Å². The number of benzene rings is 7. The van der Waals surface area contributed by atoms with Crippen molar-refractivity contribution in [1.29, 1.82) is 0 Å². The number of fused-ring (bicyclic) bond motifs is 8. The molecular weight excluding hydrogens is 654 g/mol. The fraction of sp³-hybridized carbons (Fsp3) is 0.0638. The summed E-state index contributed by atoms with van der Waals surface area (Å²) in [6.07, 6.45) is 0. The van der Waals surface area contributed by atoms with Crippen molar-refractivity contribution in [2.75, 3.05) is 0 Å². The van der Waals surface area contributed by atoms with E-state index in [0.717, 1.165) is 66.0 Å². The maximum atomic E-state index is 14.9. The Balaban J connectivity index is 1.05. The second kappa shape index (κ2) is 11.5. The molecule has 10 rings (SSSR count). The van der Waals surface area contributed by atoms with Crippen LogP contribution in [-0.2, 0) is 9.98 Å². The van der Waals surface area contributed by atoms with Gasteiger partial charge in [0.05, 0.1) is 16.6 Å². The van der Waals surface area contributed by atoms with Gasteiger partial charge in [0.1, 0.15) is 11.5 Å². The number of rotatable bonds is 5. The molecule has 0 aliphatic heterocycles. The van der Waals surface area contributed by atoms with Gasteiger partial charge in [-0.15, -0.1) is 0 Å². The molecule has 0 radical (unpaired) electrons. The minimum absolute atomic E-state index is 0.236. The zero-order chi connectivity index (χ0) is 35.0. The summed E-state index contributed by atoms with van der Waals surface area (Å²) in [5.74, 6) is 0.890. The molecule has 0 saturated heterocycles. The summed E-state index contributed by atoms with van der Waals surface area (Å²) in [6, 6.07) is 58.2. The van der Waals surface area contributed by atoms with Gasteiger partial charge in [-0.2, -0.15) is 0 Å². The lowest BCUT2D eigenvalue weighted by atomic mass is 9.81. The third-order valence-electron chi connectivity index (χ3n) is 10.9. The molecule has 1 aliphatic carbocycles. The van der Waals surface area contributed by atoms with E-state index in [4.69, 9.17) is 9.97 Å². The van der Waals surface area contributed by atoms with Gasteiger partial charge in [0.25, 0.3) is 0 Å². The van der Waals surface area contributed by atoms with Gasteiger partial charge in [0.2, 0.25) is 0 Å². The van der Waals surface area contributed by atoms with Gasteiger partial charge < -0.3 is 4.57 Å². The van der Waals surface area contributed by atoms with Crippen LogP contribution in [0.2, 0.25) is 0 Å². The quantitative estimate of drug-likeness (QED) is 0.169. The van der Waals surface area contributed by atoms with Crippen LogP contribution in [0.4, 0.5) is 0 Å². The fourth-order valence-corrected chi connectivity index (χ4v) is 10.8. The normalized spacial score (nSPS) is 13.4. The average Bonchev–Trinajstić information content (AvgIpc) is 3.70. The van der Waals surface area contributed by atoms with Crippen LogP contribution in [-0.4, -0.2) is 14.4 Å². The van der Waals surface area contributed by atoms with E-state index in [-0.39, 0.29) is 5.41 Å². The number of imidazole rings is 1. The lowest BCUT2D eigenvalue weighted by Gasteiger charge is -2.23. The van der Waals surface area contributed by atoms with Crippen LogP contribution >= 0.6 is 7.14 Å². The van der Waals surface area contributed by atoms with Crippen LogP contribution in [0.3, 0.4) is 0 Å². The molecule has 5 heteroatoms. The Morgan fingerprint density at radius 3 is 1.69 bits per heavy atom. The maximum absolute atomic E-state index is 14.9. The molecular formula is C47H34N3OP. The maximum Gasteiger partial charge on any atom is 0.171 e. The number of para-hydroxylation sites is 3. The molecule has 2 heterocycles. The summed E-state index contributed by atoms with van der Waals surface area (Å²) in [7, 11) is -3.04. The molecule has 9 aromatic rings. The lowest BCUT2D eigenvalue weighted by molar-refractivity contribution is 0.592. The Morgan fingerprint density at radius 2 is 1.02 bits per heavy atom. The third kappa shape index (κ3) is 4.51. The van der Waals surface area contributed by atoms with Crippen molar-refractivity contribution in [3.63, 3.8) is 0 Å². The van der Waals surface area contributed by atoms with Gasteiger partial charge in [-0.25, -0.2) is 9.97 Å². The number of hydrogen-bond donors (Lipinski definition) is 0. The van der Waals surface area contributed by atoms with Crippen LogP contribution in [0.15, 0.2) is 170 Å². The topological polar surface area (TPSA) is 47.3 Å². The summed E-state index contributed by atoms with van der Waals surface area (Å²) < 4.78 is 17.1. The van der Waals surface area contributed by atoms with Gasteiger partial charge in [-0.3, -0.25) is 4.40 Å². The van der Waals surface area contributed by atoms with E-state index in [1.54, 1.807) is 0 Å². The first-order valence-electron chi connectivity index (χ1n) is 17.7. The molecule has 0 atom stereocenters. The Morgan fingerprint density at radius 1 is 0.500 bits per heavy atom. The van der Waals surface area contributed by atoms with Crippen molar-refractivity contribution >= 4 is 50.6 Å². The minimum atomic E-state index is -3.04. The highest BCUT2D eigenvalue weighted by Gasteiger charge is 2.36. The number of hydrogen-bond acceptors (Lipinski definition) is 3. The van der Waals surface area contributed by atoms with Gasteiger partial charge in [0.15, 0.2) is 7.14 Å². The highest BCUT2D eigenvalue weighted by molar-refractivity contribution is 7.85. The van der Waals surface area contributed by atoms with Gasteiger partial charge >= 0.3 is 0 Å². The second-order valence-electron chi connectivity index (χ2n) is 14.2. The predicted molar refractivity (Wildman–Crippen MR) is 216 cm³/mol. The summed E-state index contributed by atoms with van der Waals surface area (Å²) in [6.45, 7) is 4.64. The van der Waals surface area contributed by atoms with Crippen LogP contribution in [0, 0.1) is 0 Å². The molecule has 0 spiro atoms.